The van der Waals surface area contributed by atoms with E-state index >= 15 is 0 Å². The maximum absolute atomic E-state index is 11.9. The average molecular weight is 290 g/mol. The molecule has 0 aromatic carbocycles. The molecule has 0 atom stereocenters. The first-order chi connectivity index (χ1) is 8.47. The van der Waals surface area contributed by atoms with E-state index in [1.54, 1.807) is 0 Å². The molecule has 1 aliphatic rings. The fourth-order valence-electron chi connectivity index (χ4n) is 1.70. The molecule has 1 aliphatic heterocycles. The number of carbonyl (C=O) groups excluding carboxylic acids is 1. The summed E-state index contributed by atoms with van der Waals surface area (Å²) in [5.41, 5.74) is 0.329. The van der Waals surface area contributed by atoms with Gasteiger partial charge in [-0.2, -0.15) is 0 Å². The Bertz CT molecular complexity index is 532. The molecular formula is C10H14N2O4S2. The number of amides is 1. The molecule has 0 radical (unpaired) electrons. The molecule has 8 heteroatoms. The Balaban J connectivity index is 2.02. The summed E-state index contributed by atoms with van der Waals surface area (Å²) in [6, 6.07) is 1.39. The van der Waals surface area contributed by atoms with E-state index in [1.165, 1.54) is 11.4 Å². The third kappa shape index (κ3) is 3.29. The predicted octanol–water partition coefficient (Wildman–Crippen LogP) is 0.304. The summed E-state index contributed by atoms with van der Waals surface area (Å²) in [5.74, 6) is -0.270. The number of nitrogens with two attached hydrogens (primary N) is 1. The molecule has 1 fully saturated rings. The van der Waals surface area contributed by atoms with Crippen molar-refractivity contribution in [2.24, 2.45) is 5.14 Å². The Morgan fingerprint density at radius 1 is 1.44 bits per heavy atom. The lowest BCUT2D eigenvalue weighted by atomic mass is 10.1. The van der Waals surface area contributed by atoms with Crippen LogP contribution >= 0.6 is 11.3 Å². The van der Waals surface area contributed by atoms with Crippen molar-refractivity contribution < 1.29 is 17.9 Å². The predicted molar refractivity (Wildman–Crippen MR) is 67.0 cm³/mol. The van der Waals surface area contributed by atoms with Gasteiger partial charge in [-0.05, 0) is 18.9 Å². The van der Waals surface area contributed by atoms with Crippen molar-refractivity contribution in [2.75, 3.05) is 13.2 Å². The molecule has 1 amide bonds. The number of carbonyl (C=O) groups is 1. The Morgan fingerprint density at radius 2 is 2.11 bits per heavy atom. The van der Waals surface area contributed by atoms with Crippen LogP contribution in [0.5, 0.6) is 0 Å². The summed E-state index contributed by atoms with van der Waals surface area (Å²) in [6.45, 7) is 1.27. The summed E-state index contributed by atoms with van der Waals surface area (Å²) in [6.07, 6.45) is 1.55. The first-order valence-corrected chi connectivity index (χ1v) is 7.89. The smallest absolute Gasteiger partial charge is 0.252 e. The molecule has 100 valence electrons. The third-order valence-corrected chi connectivity index (χ3v) is 5.06. The fourth-order valence-corrected chi connectivity index (χ4v) is 3.28. The van der Waals surface area contributed by atoms with Crippen LogP contribution in [0.1, 0.15) is 23.2 Å². The van der Waals surface area contributed by atoms with E-state index in [0.717, 1.165) is 24.2 Å². The van der Waals surface area contributed by atoms with E-state index in [0.29, 0.717) is 18.8 Å². The minimum Gasteiger partial charge on any atom is -0.381 e. The molecule has 0 saturated carbocycles. The summed E-state index contributed by atoms with van der Waals surface area (Å²) in [5, 5.41) is 9.34. The van der Waals surface area contributed by atoms with E-state index in [1.807, 2.05) is 0 Å². The quantitative estimate of drug-likeness (QED) is 0.836. The zero-order valence-corrected chi connectivity index (χ0v) is 11.2. The van der Waals surface area contributed by atoms with Crippen molar-refractivity contribution in [1.29, 1.82) is 0 Å². The van der Waals surface area contributed by atoms with Crippen molar-refractivity contribution in [3.8, 4) is 0 Å². The summed E-state index contributed by atoms with van der Waals surface area (Å²) in [4.78, 5) is 11.9. The first-order valence-electron chi connectivity index (χ1n) is 5.47. The third-order valence-electron chi connectivity index (χ3n) is 2.67. The average Bonchev–Trinajstić information content (AvgIpc) is 2.79. The lowest BCUT2D eigenvalue weighted by Gasteiger charge is -2.22. The summed E-state index contributed by atoms with van der Waals surface area (Å²) in [7, 11) is -3.73. The molecule has 0 bridgehead atoms. The number of ether oxygens (including phenoxy) is 1. The van der Waals surface area contributed by atoms with E-state index in [-0.39, 0.29) is 16.2 Å². The van der Waals surface area contributed by atoms with E-state index in [4.69, 9.17) is 9.88 Å². The lowest BCUT2D eigenvalue weighted by molar-refractivity contribution is 0.0696. The van der Waals surface area contributed by atoms with Crippen molar-refractivity contribution in [3.05, 3.63) is 17.0 Å². The number of thiophene rings is 1. The highest BCUT2D eigenvalue weighted by Crippen LogP contribution is 2.19. The fraction of sp³-hybridized carbons (Fsp3) is 0.500. The van der Waals surface area contributed by atoms with E-state index in [9.17, 15) is 13.2 Å². The van der Waals surface area contributed by atoms with Gasteiger partial charge in [-0.3, -0.25) is 4.79 Å². The van der Waals surface area contributed by atoms with Crippen LogP contribution in [-0.2, 0) is 14.8 Å². The van der Waals surface area contributed by atoms with Gasteiger partial charge in [0.05, 0.1) is 5.56 Å². The van der Waals surface area contributed by atoms with Crippen molar-refractivity contribution >= 4 is 27.3 Å². The van der Waals surface area contributed by atoms with Gasteiger partial charge in [0.1, 0.15) is 4.21 Å². The SMILES string of the molecule is NS(=O)(=O)c1cc(C(=O)NC2CCOCC2)cs1. The molecule has 3 N–H and O–H groups in total. The largest absolute Gasteiger partial charge is 0.381 e. The van der Waals surface area contributed by atoms with Gasteiger partial charge in [0.15, 0.2) is 0 Å². The highest BCUT2D eigenvalue weighted by Gasteiger charge is 2.19. The molecule has 0 aliphatic carbocycles. The van der Waals surface area contributed by atoms with Gasteiger partial charge in [0.25, 0.3) is 5.91 Å². The van der Waals surface area contributed by atoms with Gasteiger partial charge in [-0.1, -0.05) is 0 Å². The molecule has 2 rings (SSSR count). The van der Waals surface area contributed by atoms with Crippen LogP contribution in [0.3, 0.4) is 0 Å². The monoisotopic (exact) mass is 290 g/mol. The molecule has 6 nitrogen and oxygen atoms in total. The van der Waals surface area contributed by atoms with Crippen LogP contribution in [0.2, 0.25) is 0 Å². The zero-order valence-electron chi connectivity index (χ0n) is 9.59. The molecule has 1 aromatic heterocycles. The molecule has 0 spiro atoms. The van der Waals surface area contributed by atoms with Gasteiger partial charge in [-0.15, -0.1) is 11.3 Å². The molecule has 0 unspecified atom stereocenters. The second-order valence-corrected chi connectivity index (χ2v) is 6.76. The topological polar surface area (TPSA) is 98.5 Å². The maximum atomic E-state index is 11.9. The van der Waals surface area contributed by atoms with Crippen molar-refractivity contribution in [3.63, 3.8) is 0 Å². The molecule has 18 heavy (non-hydrogen) atoms. The summed E-state index contributed by atoms with van der Waals surface area (Å²) >= 11 is 0.948. The van der Waals surface area contributed by atoms with Gasteiger partial charge in [-0.25, -0.2) is 13.6 Å². The number of rotatable bonds is 3. The van der Waals surface area contributed by atoms with Crippen molar-refractivity contribution in [1.82, 2.24) is 5.32 Å². The Hall–Kier alpha value is -0.960. The molecular weight excluding hydrogens is 276 g/mol. The van der Waals surface area contributed by atoms with Crippen LogP contribution in [0.15, 0.2) is 15.7 Å². The van der Waals surface area contributed by atoms with Gasteiger partial charge < -0.3 is 10.1 Å². The van der Waals surface area contributed by atoms with Gasteiger partial charge >= 0.3 is 0 Å². The number of hydrogen-bond donors (Lipinski definition) is 2. The van der Waals surface area contributed by atoms with E-state index in [2.05, 4.69) is 5.32 Å². The Labute approximate surface area is 109 Å². The standard InChI is InChI=1S/C10H14N2O4S2/c11-18(14,15)9-5-7(6-17-9)10(13)12-8-1-3-16-4-2-8/h5-6,8H,1-4H2,(H,12,13)(H2,11,14,15). The number of primary sulfonamides is 1. The van der Waals surface area contributed by atoms with Crippen LogP contribution in [0, 0.1) is 0 Å². The molecule has 2 heterocycles. The molecule has 1 aromatic rings. The minimum atomic E-state index is -3.73. The lowest BCUT2D eigenvalue weighted by Crippen LogP contribution is -2.38. The van der Waals surface area contributed by atoms with Crippen molar-refractivity contribution in [2.45, 2.75) is 23.1 Å². The van der Waals surface area contributed by atoms with Crippen LogP contribution in [0.25, 0.3) is 0 Å². The maximum Gasteiger partial charge on any atom is 0.252 e. The highest BCUT2D eigenvalue weighted by atomic mass is 32.2. The Morgan fingerprint density at radius 3 is 2.67 bits per heavy atom. The Kier molecular flexibility index (Phi) is 4.00. The first kappa shape index (κ1) is 13.5. The number of nitrogens with one attached hydrogen (secondary N) is 1. The summed E-state index contributed by atoms with van der Waals surface area (Å²) < 4.78 is 27.4. The number of hydrogen-bond acceptors (Lipinski definition) is 5. The van der Waals surface area contributed by atoms with Crippen LogP contribution in [0.4, 0.5) is 0 Å². The zero-order chi connectivity index (χ0) is 13.2. The van der Waals surface area contributed by atoms with Crippen LogP contribution < -0.4 is 10.5 Å². The van der Waals surface area contributed by atoms with Gasteiger partial charge in [0.2, 0.25) is 10.0 Å². The second kappa shape index (κ2) is 5.35. The number of sulfonamides is 1. The van der Waals surface area contributed by atoms with Crippen LogP contribution in [-0.4, -0.2) is 33.6 Å². The highest BCUT2D eigenvalue weighted by molar-refractivity contribution is 7.91. The normalized spacial score (nSPS) is 17.6. The minimum absolute atomic E-state index is 0.000345. The second-order valence-electron chi connectivity index (χ2n) is 4.06. The molecule has 1 saturated heterocycles. The van der Waals surface area contributed by atoms with E-state index < -0.39 is 10.0 Å². The van der Waals surface area contributed by atoms with Gasteiger partial charge in [0, 0.05) is 24.6 Å².